The second-order valence-electron chi connectivity index (χ2n) is 16.4. The largest absolute Gasteiger partial charge is 0.395 e. The molecule has 0 aromatic rings. The van der Waals surface area contributed by atoms with Crippen molar-refractivity contribution in [2.45, 2.75) is 171 Å². The highest BCUT2D eigenvalue weighted by Gasteiger charge is 2.39. The second kappa shape index (κ2) is 43.7. The van der Waals surface area contributed by atoms with Crippen LogP contribution in [0.5, 0.6) is 0 Å². The van der Waals surface area contributed by atoms with E-state index in [0.717, 1.165) is 51.9 Å². The van der Waals surface area contributed by atoms with Crippen LogP contribution >= 0.6 is 0 Å². The summed E-state index contributed by atoms with van der Waals surface area (Å²) in [7, 11) is 0. The zero-order valence-electron chi connectivity index (χ0n) is 40.3. The number of hydrogen-bond acceptors (Lipinski definition) is 9. The van der Waals surface area contributed by atoms with Crippen LogP contribution in [0.2, 0.25) is 0 Å². The van der Waals surface area contributed by atoms with Crippen LogP contribution in [0.3, 0.4) is 0 Å². The number of likely N-dealkylation sites (N-methyl/N-ethyl adjacent to an activating group) is 3. The molecule has 0 atom stereocenters. The quantitative estimate of drug-likeness (QED) is 0.0583. The van der Waals surface area contributed by atoms with E-state index >= 15 is 0 Å². The van der Waals surface area contributed by atoms with Crippen LogP contribution in [0, 0.1) is 0 Å². The van der Waals surface area contributed by atoms with Gasteiger partial charge in [-0.2, -0.15) is 0 Å². The fourth-order valence-electron chi connectivity index (χ4n) is 7.04. The highest BCUT2D eigenvalue weighted by Crippen LogP contribution is 2.31. The molecule has 0 aromatic carbocycles. The van der Waals surface area contributed by atoms with Crippen LogP contribution in [0.1, 0.15) is 154 Å². The molecule has 340 valence electrons. The number of nitrogens with zero attached hydrogens (tertiary/aromatic N) is 5. The lowest BCUT2D eigenvalue weighted by molar-refractivity contribution is 0.0684. The molecule has 56 heavy (non-hydrogen) atoms. The van der Waals surface area contributed by atoms with Crippen molar-refractivity contribution in [1.29, 1.82) is 0 Å². The molecule has 1 heterocycles. The van der Waals surface area contributed by atoms with E-state index in [-0.39, 0.29) is 30.9 Å². The van der Waals surface area contributed by atoms with Crippen LogP contribution in [-0.2, 0) is 0 Å². The molecule has 0 unspecified atom stereocenters. The Balaban J connectivity index is -0.000000310. The van der Waals surface area contributed by atoms with Crippen molar-refractivity contribution in [3.63, 3.8) is 0 Å². The minimum atomic E-state index is 0.174. The first-order valence-corrected chi connectivity index (χ1v) is 23.2. The Morgan fingerprint density at radius 3 is 1.05 bits per heavy atom. The predicted octanol–water partition coefficient (Wildman–Crippen LogP) is 8.40. The SMILES string of the molecule is C=CCN(CC)CC=C.CCCCN(CC)C1CC(C)(C)NC(C)(C)C1.CCCCN(CC)CCCC.CCCCN(CC)CCO.CCN(CCO)CCO. The second-order valence-corrected chi connectivity index (χ2v) is 16.4. The normalized spacial score (nSPS) is 14.7. The minimum Gasteiger partial charge on any atom is -0.395 e. The van der Waals surface area contributed by atoms with Gasteiger partial charge < -0.3 is 35.3 Å². The predicted molar refractivity (Wildman–Crippen MR) is 251 cm³/mol. The van der Waals surface area contributed by atoms with Gasteiger partial charge in [0.1, 0.15) is 0 Å². The molecule has 0 aliphatic carbocycles. The Labute approximate surface area is 352 Å². The summed E-state index contributed by atoms with van der Waals surface area (Å²) in [5.74, 6) is 0. The third-order valence-corrected chi connectivity index (χ3v) is 10.2. The molecule has 9 nitrogen and oxygen atoms in total. The fourth-order valence-corrected chi connectivity index (χ4v) is 7.04. The lowest BCUT2D eigenvalue weighted by Gasteiger charge is -2.49. The standard InChI is InChI=1S/C15H32N2.C10H23N.C8H19NO.C8H15N.C6H15NO2/c1-7-9-10-17(8-2)13-11-14(3,4)16-15(5,6)12-13;1-4-7-9-11(6-3)10-8-5-2;1-3-5-6-9(4-2)7-8-10;1-4-7-9(6-3)8-5-2;1-2-7(3-5-8)4-6-9/h13,16H,7-12H2,1-6H3;4-10H2,1-3H3;10H,3-8H2,1-2H3;4-5H,1-2,6-8H2,3H3;8-9H,2-6H2,1H3. The van der Waals surface area contributed by atoms with Crippen molar-refractivity contribution < 1.29 is 15.3 Å². The van der Waals surface area contributed by atoms with Crippen LogP contribution in [-0.4, -0.2) is 168 Å². The first-order chi connectivity index (χ1) is 26.7. The van der Waals surface area contributed by atoms with Gasteiger partial charge in [0.05, 0.1) is 19.8 Å². The number of piperidine rings is 1. The van der Waals surface area contributed by atoms with Gasteiger partial charge in [-0.15, -0.1) is 13.2 Å². The van der Waals surface area contributed by atoms with Crippen molar-refractivity contribution in [3.8, 4) is 0 Å². The number of unbranched alkanes of at least 4 members (excludes halogenated alkanes) is 4. The number of hydrogen-bond donors (Lipinski definition) is 4. The van der Waals surface area contributed by atoms with Gasteiger partial charge >= 0.3 is 0 Å². The average molecular weight is 801 g/mol. The van der Waals surface area contributed by atoms with E-state index in [1.54, 1.807) is 0 Å². The Bertz CT molecular complexity index is 760. The maximum absolute atomic E-state index is 8.63. The number of rotatable bonds is 28. The smallest absolute Gasteiger partial charge is 0.0558 e. The third kappa shape index (κ3) is 39.9. The first kappa shape index (κ1) is 61.8. The van der Waals surface area contributed by atoms with Gasteiger partial charge in [-0.05, 0) is 125 Å². The Morgan fingerprint density at radius 2 is 0.786 bits per heavy atom. The van der Waals surface area contributed by atoms with E-state index in [2.05, 4.69) is 121 Å². The molecule has 0 amide bonds. The summed E-state index contributed by atoms with van der Waals surface area (Å²) in [6, 6.07) is 0.748. The van der Waals surface area contributed by atoms with E-state index in [9.17, 15) is 0 Å². The monoisotopic (exact) mass is 801 g/mol. The Morgan fingerprint density at radius 1 is 0.482 bits per heavy atom. The fraction of sp³-hybridized carbons (Fsp3) is 0.915. The topological polar surface area (TPSA) is 88.9 Å². The van der Waals surface area contributed by atoms with Crippen molar-refractivity contribution in [2.24, 2.45) is 0 Å². The first-order valence-electron chi connectivity index (χ1n) is 23.2. The van der Waals surface area contributed by atoms with E-state index in [0.29, 0.717) is 13.1 Å². The van der Waals surface area contributed by atoms with Gasteiger partial charge in [0, 0.05) is 49.8 Å². The molecular weight excluding hydrogens is 697 g/mol. The van der Waals surface area contributed by atoms with Gasteiger partial charge in [0.25, 0.3) is 0 Å². The van der Waals surface area contributed by atoms with Gasteiger partial charge in [-0.1, -0.05) is 100 Å². The van der Waals surface area contributed by atoms with E-state index in [4.69, 9.17) is 15.3 Å². The molecule has 1 aliphatic rings. The van der Waals surface area contributed by atoms with Crippen LogP contribution in [0.25, 0.3) is 0 Å². The third-order valence-electron chi connectivity index (χ3n) is 10.2. The molecule has 1 aliphatic heterocycles. The van der Waals surface area contributed by atoms with Gasteiger partial charge in [-0.3, -0.25) is 9.80 Å². The maximum atomic E-state index is 8.63. The zero-order chi connectivity index (χ0) is 43.7. The van der Waals surface area contributed by atoms with Crippen molar-refractivity contribution >= 4 is 0 Å². The summed E-state index contributed by atoms with van der Waals surface area (Å²) in [5.41, 5.74) is 0.540. The van der Waals surface area contributed by atoms with Crippen LogP contribution in [0.4, 0.5) is 0 Å². The summed E-state index contributed by atoms with van der Waals surface area (Å²) >= 11 is 0. The van der Waals surface area contributed by atoms with E-state index in [1.165, 1.54) is 96.9 Å². The minimum absolute atomic E-state index is 0.174. The van der Waals surface area contributed by atoms with E-state index in [1.807, 2.05) is 24.0 Å². The van der Waals surface area contributed by atoms with Gasteiger partial charge in [0.2, 0.25) is 0 Å². The summed E-state index contributed by atoms with van der Waals surface area (Å²) in [5, 5.41) is 29.3. The summed E-state index contributed by atoms with van der Waals surface area (Å²) in [6.07, 6.45) is 16.8. The Kier molecular flexibility index (Phi) is 48.2. The lowest BCUT2D eigenvalue weighted by Crippen LogP contribution is -2.62. The average Bonchev–Trinajstić information content (AvgIpc) is 3.16. The summed E-state index contributed by atoms with van der Waals surface area (Å²) in [4.78, 5) is 11.7. The molecule has 9 heteroatoms. The molecule has 0 bridgehead atoms. The van der Waals surface area contributed by atoms with Crippen LogP contribution < -0.4 is 5.32 Å². The molecule has 0 radical (unpaired) electrons. The molecule has 1 fully saturated rings. The van der Waals surface area contributed by atoms with Gasteiger partial charge in [-0.25, -0.2) is 0 Å². The number of nitrogens with one attached hydrogen (secondary N) is 1. The van der Waals surface area contributed by atoms with E-state index < -0.39 is 0 Å². The highest BCUT2D eigenvalue weighted by atomic mass is 16.3. The van der Waals surface area contributed by atoms with Gasteiger partial charge in [0.15, 0.2) is 0 Å². The summed E-state index contributed by atoms with van der Waals surface area (Å²) in [6.45, 7) is 51.6. The number of aliphatic hydroxyl groups excluding tert-OH is 3. The zero-order valence-corrected chi connectivity index (χ0v) is 40.3. The lowest BCUT2D eigenvalue weighted by atomic mass is 9.79. The van der Waals surface area contributed by atoms with Crippen molar-refractivity contribution in [3.05, 3.63) is 25.3 Å². The molecule has 0 saturated carbocycles. The van der Waals surface area contributed by atoms with Crippen molar-refractivity contribution in [1.82, 2.24) is 29.8 Å². The molecule has 4 N–H and O–H groups in total. The number of aliphatic hydroxyl groups is 3. The summed E-state index contributed by atoms with van der Waals surface area (Å²) < 4.78 is 0. The maximum Gasteiger partial charge on any atom is 0.0558 e. The Hall–Kier alpha value is -0.880. The molecule has 1 rings (SSSR count). The van der Waals surface area contributed by atoms with Crippen LogP contribution in [0.15, 0.2) is 25.3 Å². The molecule has 1 saturated heterocycles. The molecular formula is C47H104N6O3. The highest BCUT2D eigenvalue weighted by molar-refractivity contribution is 5.00. The molecule has 0 aromatic heterocycles. The van der Waals surface area contributed by atoms with Crippen molar-refractivity contribution in [2.75, 3.05) is 111 Å². The molecule has 0 spiro atoms.